The minimum Gasteiger partial charge on any atom is -0.383 e. The number of halogens is 2. The molecule has 1 aromatic rings. The van der Waals surface area contributed by atoms with Crippen LogP contribution in [0.4, 0.5) is 4.39 Å². The number of piperidine rings is 1. The fourth-order valence-electron chi connectivity index (χ4n) is 2.74. The predicted octanol–water partition coefficient (Wildman–Crippen LogP) is 3.04. The Morgan fingerprint density at radius 3 is 2.86 bits per heavy atom. The van der Waals surface area contributed by atoms with E-state index in [2.05, 4.69) is 26.1 Å². The lowest BCUT2D eigenvalue weighted by molar-refractivity contribution is 0.168. The molecule has 2 rings (SSSR count). The van der Waals surface area contributed by atoms with Crippen molar-refractivity contribution in [2.45, 2.75) is 19.4 Å². The van der Waals surface area contributed by atoms with Crippen LogP contribution in [0.15, 0.2) is 22.7 Å². The van der Waals surface area contributed by atoms with Crippen LogP contribution in [0.5, 0.6) is 0 Å². The molecule has 0 unspecified atom stereocenters. The monoisotopic (exact) mass is 358 g/mol. The first-order valence-electron chi connectivity index (χ1n) is 7.55. The topological polar surface area (TPSA) is 24.5 Å². The molecule has 0 bridgehead atoms. The van der Waals surface area contributed by atoms with E-state index in [1.54, 1.807) is 13.2 Å². The van der Waals surface area contributed by atoms with Crippen LogP contribution < -0.4 is 5.32 Å². The Morgan fingerprint density at radius 2 is 2.14 bits per heavy atom. The summed E-state index contributed by atoms with van der Waals surface area (Å²) in [4.78, 5) is 2.41. The molecule has 0 amide bonds. The first kappa shape index (κ1) is 16.9. The normalized spacial score (nSPS) is 17.3. The average Bonchev–Trinajstić information content (AvgIpc) is 2.50. The molecule has 5 heteroatoms. The molecule has 1 aromatic carbocycles. The second-order valence-corrected chi connectivity index (χ2v) is 6.42. The van der Waals surface area contributed by atoms with Gasteiger partial charge in [0, 0.05) is 20.2 Å². The minimum atomic E-state index is -0.176. The molecule has 0 spiro atoms. The number of ether oxygens (including phenoxy) is 1. The number of hydrogen-bond acceptors (Lipinski definition) is 3. The molecule has 1 saturated heterocycles. The summed E-state index contributed by atoms with van der Waals surface area (Å²) in [5.74, 6) is 0.568. The number of nitrogens with one attached hydrogen (secondary N) is 1. The zero-order valence-electron chi connectivity index (χ0n) is 12.6. The fourth-order valence-corrected chi connectivity index (χ4v) is 3.13. The molecule has 0 aromatic heterocycles. The van der Waals surface area contributed by atoms with E-state index in [1.807, 2.05) is 6.07 Å². The maximum Gasteiger partial charge on any atom is 0.137 e. The molecular weight excluding hydrogens is 335 g/mol. The number of benzene rings is 1. The highest BCUT2D eigenvalue weighted by molar-refractivity contribution is 9.10. The van der Waals surface area contributed by atoms with Crippen molar-refractivity contribution < 1.29 is 9.13 Å². The van der Waals surface area contributed by atoms with Crippen LogP contribution in [-0.2, 0) is 11.3 Å². The smallest absolute Gasteiger partial charge is 0.137 e. The maximum absolute atomic E-state index is 13.5. The van der Waals surface area contributed by atoms with Crippen molar-refractivity contribution >= 4 is 15.9 Å². The summed E-state index contributed by atoms with van der Waals surface area (Å²) in [5, 5.41) is 3.44. The third kappa shape index (κ3) is 5.33. The van der Waals surface area contributed by atoms with Gasteiger partial charge in [0.25, 0.3) is 0 Å². The van der Waals surface area contributed by atoms with E-state index in [0.29, 0.717) is 4.47 Å². The zero-order chi connectivity index (χ0) is 15.1. The van der Waals surface area contributed by atoms with Gasteiger partial charge in [0.1, 0.15) is 5.82 Å². The molecule has 118 valence electrons. The second-order valence-electron chi connectivity index (χ2n) is 5.63. The van der Waals surface area contributed by atoms with Crippen LogP contribution >= 0.6 is 15.9 Å². The van der Waals surface area contributed by atoms with Crippen LogP contribution in [-0.4, -0.2) is 44.8 Å². The van der Waals surface area contributed by atoms with E-state index in [-0.39, 0.29) is 5.82 Å². The van der Waals surface area contributed by atoms with Gasteiger partial charge in [0.05, 0.1) is 11.1 Å². The molecule has 0 atom stereocenters. The van der Waals surface area contributed by atoms with Crippen molar-refractivity contribution in [3.63, 3.8) is 0 Å². The van der Waals surface area contributed by atoms with Crippen molar-refractivity contribution in [1.29, 1.82) is 0 Å². The zero-order valence-corrected chi connectivity index (χ0v) is 14.2. The molecule has 0 radical (unpaired) electrons. The van der Waals surface area contributed by atoms with E-state index in [9.17, 15) is 4.39 Å². The standard InChI is InChI=1S/C16H24BrFN2O/c1-21-10-7-19-11-13-5-8-20(9-6-13)12-14-3-2-4-15(18)16(14)17/h2-4,13,19H,5-12H2,1H3. The Bertz CT molecular complexity index is 436. The molecule has 0 saturated carbocycles. The van der Waals surface area contributed by atoms with Crippen molar-refractivity contribution in [2.75, 3.05) is 39.9 Å². The Hall–Kier alpha value is -0.490. The lowest BCUT2D eigenvalue weighted by Crippen LogP contribution is -2.37. The summed E-state index contributed by atoms with van der Waals surface area (Å²) in [7, 11) is 1.73. The van der Waals surface area contributed by atoms with Crippen LogP contribution in [0.2, 0.25) is 0 Å². The summed E-state index contributed by atoms with van der Waals surface area (Å²) >= 11 is 3.34. The summed E-state index contributed by atoms with van der Waals surface area (Å²) < 4.78 is 19.1. The number of nitrogens with zero attached hydrogens (tertiary/aromatic N) is 1. The van der Waals surface area contributed by atoms with Gasteiger partial charge < -0.3 is 10.1 Å². The Labute approximate surface area is 135 Å². The third-order valence-corrected chi connectivity index (χ3v) is 4.94. The highest BCUT2D eigenvalue weighted by Crippen LogP contribution is 2.24. The van der Waals surface area contributed by atoms with Gasteiger partial charge in [-0.3, -0.25) is 4.90 Å². The van der Waals surface area contributed by atoms with E-state index in [1.165, 1.54) is 18.9 Å². The van der Waals surface area contributed by atoms with Crippen LogP contribution in [0.3, 0.4) is 0 Å². The van der Waals surface area contributed by atoms with Gasteiger partial charge in [-0.2, -0.15) is 0 Å². The van der Waals surface area contributed by atoms with Gasteiger partial charge in [-0.1, -0.05) is 12.1 Å². The van der Waals surface area contributed by atoms with Gasteiger partial charge in [-0.05, 0) is 66.0 Å². The number of likely N-dealkylation sites (tertiary alicyclic amines) is 1. The summed E-state index contributed by atoms with van der Waals surface area (Å²) in [6.07, 6.45) is 2.40. The van der Waals surface area contributed by atoms with E-state index in [0.717, 1.165) is 50.8 Å². The van der Waals surface area contributed by atoms with Crippen molar-refractivity contribution in [2.24, 2.45) is 5.92 Å². The number of hydrogen-bond donors (Lipinski definition) is 1. The minimum absolute atomic E-state index is 0.176. The highest BCUT2D eigenvalue weighted by Gasteiger charge is 2.19. The fraction of sp³-hybridized carbons (Fsp3) is 0.625. The van der Waals surface area contributed by atoms with Gasteiger partial charge in [-0.15, -0.1) is 0 Å². The SMILES string of the molecule is COCCNCC1CCN(Cc2cccc(F)c2Br)CC1. The van der Waals surface area contributed by atoms with Crippen molar-refractivity contribution in [3.05, 3.63) is 34.1 Å². The molecule has 1 heterocycles. The number of methoxy groups -OCH3 is 1. The molecule has 21 heavy (non-hydrogen) atoms. The summed E-state index contributed by atoms with van der Waals surface area (Å²) in [6.45, 7) is 5.75. The number of rotatable bonds is 7. The molecule has 1 N–H and O–H groups in total. The van der Waals surface area contributed by atoms with E-state index >= 15 is 0 Å². The molecule has 1 aliphatic rings. The molecule has 0 aliphatic carbocycles. The lowest BCUT2D eigenvalue weighted by Gasteiger charge is -2.32. The Balaban J connectivity index is 1.73. The second kappa shape index (κ2) is 8.83. The van der Waals surface area contributed by atoms with Crippen molar-refractivity contribution in [1.82, 2.24) is 10.2 Å². The first-order chi connectivity index (χ1) is 10.2. The largest absolute Gasteiger partial charge is 0.383 e. The van der Waals surface area contributed by atoms with Gasteiger partial charge in [-0.25, -0.2) is 4.39 Å². The third-order valence-electron chi connectivity index (χ3n) is 4.05. The van der Waals surface area contributed by atoms with Gasteiger partial charge in [0.15, 0.2) is 0 Å². The summed E-state index contributed by atoms with van der Waals surface area (Å²) in [6, 6.07) is 5.26. The van der Waals surface area contributed by atoms with E-state index < -0.39 is 0 Å². The van der Waals surface area contributed by atoms with Crippen LogP contribution in [0, 0.1) is 11.7 Å². The Morgan fingerprint density at radius 1 is 1.38 bits per heavy atom. The average molecular weight is 359 g/mol. The molecular formula is C16H24BrFN2O. The summed E-state index contributed by atoms with van der Waals surface area (Å²) in [5.41, 5.74) is 1.03. The first-order valence-corrected chi connectivity index (χ1v) is 8.35. The van der Waals surface area contributed by atoms with Gasteiger partial charge >= 0.3 is 0 Å². The lowest BCUT2D eigenvalue weighted by atomic mass is 9.96. The maximum atomic E-state index is 13.5. The van der Waals surface area contributed by atoms with Crippen LogP contribution in [0.1, 0.15) is 18.4 Å². The molecule has 1 aliphatic heterocycles. The predicted molar refractivity (Wildman–Crippen MR) is 86.8 cm³/mol. The molecule has 3 nitrogen and oxygen atoms in total. The van der Waals surface area contributed by atoms with Crippen molar-refractivity contribution in [3.8, 4) is 0 Å². The Kier molecular flexibility index (Phi) is 7.10. The van der Waals surface area contributed by atoms with E-state index in [4.69, 9.17) is 4.74 Å². The van der Waals surface area contributed by atoms with Crippen LogP contribution in [0.25, 0.3) is 0 Å². The van der Waals surface area contributed by atoms with Gasteiger partial charge in [0.2, 0.25) is 0 Å². The quantitative estimate of drug-likeness (QED) is 0.758. The highest BCUT2D eigenvalue weighted by atomic mass is 79.9. The molecule has 1 fully saturated rings.